The standard InChI is InChI=1S/C76H47N5/c1-4-19-46(20-5-1)72-77-68(51-26-18-25-49(41-51)50-37-40-67-61(42-50)56-29-14-17-34-66(56)76(67)64-32-15-12-27-54(64)55-28-13-16-33-65(55)76)45-69(78-72)52-35-38-59-62(43-52)70-57-30-10-11-31-58(57)71(59)63-44-53(36-39-60(63)70)75-80-73(47-21-6-2-7-22-47)79-74(81-75)48-23-8-3-9-24-48/h1-45,70-71H. The van der Waals surface area contributed by atoms with E-state index in [1.807, 2.05) is 42.5 Å². The summed E-state index contributed by atoms with van der Waals surface area (Å²) in [6.07, 6.45) is 0. The predicted molar refractivity (Wildman–Crippen MR) is 325 cm³/mol. The van der Waals surface area contributed by atoms with Gasteiger partial charge in [0.25, 0.3) is 0 Å². The van der Waals surface area contributed by atoms with Crippen molar-refractivity contribution < 1.29 is 0 Å². The molecule has 2 aromatic heterocycles. The Bertz CT molecular complexity index is 4620. The van der Waals surface area contributed by atoms with E-state index in [0.29, 0.717) is 23.3 Å². The molecular formula is C76H47N5. The lowest BCUT2D eigenvalue weighted by atomic mass is 9.60. The fraction of sp³-hybridized carbons (Fsp3) is 0.0395. The van der Waals surface area contributed by atoms with Crippen LogP contribution < -0.4 is 0 Å². The molecule has 5 aliphatic rings. The molecule has 2 unspecified atom stereocenters. The van der Waals surface area contributed by atoms with E-state index in [9.17, 15) is 0 Å². The molecule has 0 amide bonds. The average molecular weight is 1030 g/mol. The Balaban J connectivity index is 0.763. The van der Waals surface area contributed by atoms with Crippen LogP contribution in [0.15, 0.2) is 273 Å². The van der Waals surface area contributed by atoms with Crippen LogP contribution in [0.4, 0.5) is 0 Å². The maximum Gasteiger partial charge on any atom is 0.164 e. The van der Waals surface area contributed by atoms with Crippen LogP contribution in [-0.4, -0.2) is 24.9 Å². The number of nitrogens with zero attached hydrogens (tertiary/aromatic N) is 5. The molecule has 0 saturated heterocycles. The second kappa shape index (κ2) is 17.8. The highest BCUT2D eigenvalue weighted by molar-refractivity contribution is 5.96. The summed E-state index contributed by atoms with van der Waals surface area (Å²) in [4.78, 5) is 26.0. The van der Waals surface area contributed by atoms with Crippen LogP contribution in [0.25, 0.3) is 101 Å². The molecule has 5 aliphatic carbocycles. The molecule has 376 valence electrons. The minimum atomic E-state index is -0.380. The van der Waals surface area contributed by atoms with Crippen molar-refractivity contribution in [3.63, 3.8) is 0 Å². The molecule has 5 nitrogen and oxygen atoms in total. The monoisotopic (exact) mass is 1030 g/mol. The number of hydrogen-bond acceptors (Lipinski definition) is 5. The van der Waals surface area contributed by atoms with Gasteiger partial charge in [0.2, 0.25) is 0 Å². The summed E-state index contributed by atoms with van der Waals surface area (Å²) in [5.74, 6) is 2.71. The van der Waals surface area contributed by atoms with Crippen LogP contribution in [0, 0.1) is 0 Å². The van der Waals surface area contributed by atoms with Crippen molar-refractivity contribution in [1.29, 1.82) is 0 Å². The molecule has 81 heavy (non-hydrogen) atoms. The smallest absolute Gasteiger partial charge is 0.164 e. The molecule has 2 atom stereocenters. The first-order valence-corrected chi connectivity index (χ1v) is 27.9. The van der Waals surface area contributed by atoms with E-state index in [-0.39, 0.29) is 17.3 Å². The summed E-state index contributed by atoms with van der Waals surface area (Å²) in [6, 6.07) is 98.8. The summed E-state index contributed by atoms with van der Waals surface area (Å²) in [5.41, 5.74) is 28.1. The average Bonchev–Trinajstić information content (AvgIpc) is 3.34. The molecule has 11 aromatic carbocycles. The van der Waals surface area contributed by atoms with E-state index in [0.717, 1.165) is 50.3 Å². The van der Waals surface area contributed by atoms with Crippen molar-refractivity contribution in [2.75, 3.05) is 0 Å². The molecular weight excluding hydrogens is 983 g/mol. The molecule has 2 heterocycles. The highest BCUT2D eigenvalue weighted by Gasteiger charge is 2.51. The van der Waals surface area contributed by atoms with Gasteiger partial charge in [-0.25, -0.2) is 24.9 Å². The number of hydrogen-bond donors (Lipinski definition) is 0. The Labute approximate surface area is 469 Å². The second-order valence-corrected chi connectivity index (χ2v) is 21.8. The van der Waals surface area contributed by atoms with Crippen LogP contribution in [0.1, 0.15) is 67.5 Å². The number of fused-ring (bicyclic) bond motifs is 10. The Hall–Kier alpha value is -10.5. The van der Waals surface area contributed by atoms with E-state index >= 15 is 0 Å². The van der Waals surface area contributed by atoms with Gasteiger partial charge in [-0.3, -0.25) is 0 Å². The van der Waals surface area contributed by atoms with Gasteiger partial charge >= 0.3 is 0 Å². The zero-order chi connectivity index (χ0) is 53.2. The van der Waals surface area contributed by atoms with Crippen molar-refractivity contribution in [3.05, 3.63) is 329 Å². The highest BCUT2D eigenvalue weighted by atomic mass is 15.0. The zero-order valence-corrected chi connectivity index (χ0v) is 43.9. The molecule has 2 bridgehead atoms. The Morgan fingerprint density at radius 3 is 1.11 bits per heavy atom. The summed E-state index contributed by atoms with van der Waals surface area (Å²) < 4.78 is 0. The van der Waals surface area contributed by atoms with Crippen molar-refractivity contribution in [3.8, 4) is 101 Å². The predicted octanol–water partition coefficient (Wildman–Crippen LogP) is 17.7. The van der Waals surface area contributed by atoms with Crippen LogP contribution in [0.5, 0.6) is 0 Å². The van der Waals surface area contributed by atoms with Gasteiger partial charge in [-0.05, 0) is 119 Å². The lowest BCUT2D eigenvalue weighted by Crippen LogP contribution is -2.27. The van der Waals surface area contributed by atoms with Crippen LogP contribution in [0.3, 0.4) is 0 Å². The molecule has 0 radical (unpaired) electrons. The molecule has 18 rings (SSSR count). The minimum absolute atomic E-state index is 0.0285. The van der Waals surface area contributed by atoms with Crippen LogP contribution in [-0.2, 0) is 5.41 Å². The third-order valence-electron chi connectivity index (χ3n) is 17.5. The Kier molecular flexibility index (Phi) is 9.98. The molecule has 13 aromatic rings. The molecule has 0 saturated carbocycles. The van der Waals surface area contributed by atoms with Crippen LogP contribution in [0.2, 0.25) is 0 Å². The summed E-state index contributed by atoms with van der Waals surface area (Å²) in [5, 5.41) is 0. The van der Waals surface area contributed by atoms with E-state index in [4.69, 9.17) is 24.9 Å². The van der Waals surface area contributed by atoms with E-state index in [1.54, 1.807) is 0 Å². The molecule has 0 fully saturated rings. The molecule has 0 aliphatic heterocycles. The maximum absolute atomic E-state index is 5.38. The van der Waals surface area contributed by atoms with Gasteiger partial charge in [0.05, 0.1) is 16.8 Å². The fourth-order valence-electron chi connectivity index (χ4n) is 14.0. The third-order valence-corrected chi connectivity index (χ3v) is 17.5. The topological polar surface area (TPSA) is 64.5 Å². The van der Waals surface area contributed by atoms with E-state index < -0.39 is 0 Å². The number of aromatic nitrogens is 5. The van der Waals surface area contributed by atoms with Crippen LogP contribution >= 0.6 is 0 Å². The molecule has 5 heteroatoms. The van der Waals surface area contributed by atoms with Gasteiger partial charge in [-0.15, -0.1) is 0 Å². The van der Waals surface area contributed by atoms with Gasteiger partial charge in [0, 0.05) is 45.2 Å². The fourth-order valence-corrected chi connectivity index (χ4v) is 14.0. The van der Waals surface area contributed by atoms with Crippen molar-refractivity contribution in [1.82, 2.24) is 24.9 Å². The number of benzene rings is 11. The second-order valence-electron chi connectivity index (χ2n) is 21.8. The summed E-state index contributed by atoms with van der Waals surface area (Å²) >= 11 is 0. The van der Waals surface area contributed by atoms with Gasteiger partial charge in [-0.1, -0.05) is 243 Å². The van der Waals surface area contributed by atoms with Gasteiger partial charge in [0.1, 0.15) is 0 Å². The Morgan fingerprint density at radius 2 is 0.568 bits per heavy atom. The van der Waals surface area contributed by atoms with E-state index in [1.165, 1.54) is 83.5 Å². The lowest BCUT2D eigenvalue weighted by Gasteiger charge is -2.42. The SMILES string of the molecule is c1ccc(-c2nc(-c3cccc(-c4ccc5c(c4)-c4ccccc4C54c5ccccc5-c5ccccc54)c3)cc(-c3ccc4c(c3)C3c5ccccc5C4c4cc(-c5nc(-c6ccccc6)nc(-c6ccccc6)n5)ccc43)n2)cc1. The first-order valence-electron chi connectivity index (χ1n) is 27.9. The first kappa shape index (κ1) is 45.5. The van der Waals surface area contributed by atoms with Gasteiger partial charge in [-0.2, -0.15) is 0 Å². The lowest BCUT2D eigenvalue weighted by molar-refractivity contribution is 0.754. The summed E-state index contributed by atoms with van der Waals surface area (Å²) in [6.45, 7) is 0. The highest BCUT2D eigenvalue weighted by Crippen LogP contribution is 2.63. The quantitative estimate of drug-likeness (QED) is 0.159. The third kappa shape index (κ3) is 6.88. The largest absolute Gasteiger partial charge is 0.228 e. The minimum Gasteiger partial charge on any atom is -0.228 e. The van der Waals surface area contributed by atoms with E-state index in [2.05, 4.69) is 231 Å². The van der Waals surface area contributed by atoms with Crippen molar-refractivity contribution >= 4 is 0 Å². The van der Waals surface area contributed by atoms with Crippen molar-refractivity contribution in [2.24, 2.45) is 0 Å². The van der Waals surface area contributed by atoms with Crippen molar-refractivity contribution in [2.45, 2.75) is 17.3 Å². The molecule has 1 spiro atoms. The maximum atomic E-state index is 5.38. The zero-order valence-electron chi connectivity index (χ0n) is 43.9. The van der Waals surface area contributed by atoms with Gasteiger partial charge < -0.3 is 0 Å². The van der Waals surface area contributed by atoms with Gasteiger partial charge in [0.15, 0.2) is 23.3 Å². The molecule has 0 N–H and O–H groups in total. The first-order chi connectivity index (χ1) is 40.1. The normalized spacial score (nSPS) is 15.0. The number of rotatable bonds is 7. The summed E-state index contributed by atoms with van der Waals surface area (Å²) in [7, 11) is 0. The Morgan fingerprint density at radius 1 is 0.210 bits per heavy atom.